The van der Waals surface area contributed by atoms with Crippen molar-refractivity contribution >= 4 is 17.4 Å². The van der Waals surface area contributed by atoms with E-state index in [1.54, 1.807) is 18.3 Å². The lowest BCUT2D eigenvalue weighted by atomic mass is 10.2. The first-order valence-electron chi connectivity index (χ1n) is 8.95. The second-order valence-corrected chi connectivity index (χ2v) is 6.66. The molecule has 3 rings (SSSR count). The fourth-order valence-electron chi connectivity index (χ4n) is 2.71. The van der Waals surface area contributed by atoms with Gasteiger partial charge in [0.25, 0.3) is 5.91 Å². The van der Waals surface area contributed by atoms with E-state index in [-0.39, 0.29) is 5.91 Å². The third-order valence-electron chi connectivity index (χ3n) is 4.03. The maximum Gasteiger partial charge on any atom is 0.255 e. The lowest BCUT2D eigenvalue weighted by Crippen LogP contribution is -2.37. The fourth-order valence-corrected chi connectivity index (χ4v) is 2.71. The van der Waals surface area contributed by atoms with Gasteiger partial charge in [-0.05, 0) is 36.2 Å². The summed E-state index contributed by atoms with van der Waals surface area (Å²) >= 11 is 0. The number of nitrogens with zero attached hydrogens (tertiary/aromatic N) is 2. The van der Waals surface area contributed by atoms with Crippen molar-refractivity contribution in [1.29, 1.82) is 0 Å². The Labute approximate surface area is 154 Å². The zero-order valence-electron chi connectivity index (χ0n) is 15.3. The Morgan fingerprint density at radius 1 is 1.27 bits per heavy atom. The second kappa shape index (κ2) is 8.67. The highest BCUT2D eigenvalue weighted by atomic mass is 16.5. The molecule has 1 aliphatic rings. The predicted molar refractivity (Wildman–Crippen MR) is 102 cm³/mol. The molecule has 0 bridgehead atoms. The van der Waals surface area contributed by atoms with Crippen LogP contribution in [0.3, 0.4) is 0 Å². The summed E-state index contributed by atoms with van der Waals surface area (Å²) in [6.07, 6.45) is 1.74. The molecule has 1 aromatic carbocycles. The van der Waals surface area contributed by atoms with Crippen molar-refractivity contribution in [2.24, 2.45) is 5.92 Å². The van der Waals surface area contributed by atoms with E-state index in [1.165, 1.54) is 0 Å². The Morgan fingerprint density at radius 2 is 2.08 bits per heavy atom. The Bertz CT molecular complexity index is 743. The van der Waals surface area contributed by atoms with Gasteiger partial charge < -0.3 is 19.7 Å². The molecular formula is C20H25N3O3. The van der Waals surface area contributed by atoms with Crippen LogP contribution in [-0.4, -0.2) is 43.8 Å². The standard InChI is InChI=1S/C20H25N3O3/c1-15(2)14-26-17-6-3-5-16(13-17)20(24)22-18-7-4-8-21-19(18)23-9-11-25-12-10-23/h3-8,13,15H,9-12,14H2,1-2H3,(H,22,24). The zero-order valence-corrected chi connectivity index (χ0v) is 15.3. The van der Waals surface area contributed by atoms with Crippen LogP contribution in [0.15, 0.2) is 42.6 Å². The minimum absolute atomic E-state index is 0.178. The van der Waals surface area contributed by atoms with Gasteiger partial charge in [-0.1, -0.05) is 19.9 Å². The van der Waals surface area contributed by atoms with Crippen molar-refractivity contribution in [3.05, 3.63) is 48.2 Å². The lowest BCUT2D eigenvalue weighted by Gasteiger charge is -2.29. The molecule has 0 atom stereocenters. The van der Waals surface area contributed by atoms with Crippen LogP contribution in [0, 0.1) is 5.92 Å². The number of anilines is 2. The zero-order chi connectivity index (χ0) is 18.4. The van der Waals surface area contributed by atoms with Crippen LogP contribution in [0.2, 0.25) is 0 Å². The molecule has 6 nitrogen and oxygen atoms in total. The molecule has 1 aliphatic heterocycles. The molecule has 26 heavy (non-hydrogen) atoms. The lowest BCUT2D eigenvalue weighted by molar-refractivity contribution is 0.102. The Kier molecular flexibility index (Phi) is 6.07. The number of pyridine rings is 1. The minimum atomic E-state index is -0.178. The Morgan fingerprint density at radius 3 is 2.85 bits per heavy atom. The second-order valence-electron chi connectivity index (χ2n) is 6.66. The van der Waals surface area contributed by atoms with Crippen molar-refractivity contribution in [2.45, 2.75) is 13.8 Å². The van der Waals surface area contributed by atoms with Crippen molar-refractivity contribution < 1.29 is 14.3 Å². The van der Waals surface area contributed by atoms with E-state index in [0.29, 0.717) is 42.7 Å². The molecular weight excluding hydrogens is 330 g/mol. The topological polar surface area (TPSA) is 63.7 Å². The number of aromatic nitrogens is 1. The van der Waals surface area contributed by atoms with Gasteiger partial charge in [0.15, 0.2) is 5.82 Å². The summed E-state index contributed by atoms with van der Waals surface area (Å²) in [6.45, 7) is 7.66. The first-order valence-corrected chi connectivity index (χ1v) is 8.95. The van der Waals surface area contributed by atoms with Crippen molar-refractivity contribution in [2.75, 3.05) is 43.1 Å². The van der Waals surface area contributed by atoms with Gasteiger partial charge in [-0.3, -0.25) is 4.79 Å². The Hall–Kier alpha value is -2.60. The van der Waals surface area contributed by atoms with Crippen molar-refractivity contribution in [3.63, 3.8) is 0 Å². The van der Waals surface area contributed by atoms with Gasteiger partial charge in [-0.15, -0.1) is 0 Å². The first-order chi connectivity index (χ1) is 12.6. The number of hydrogen-bond donors (Lipinski definition) is 1. The first kappa shape index (κ1) is 18.2. The normalized spacial score (nSPS) is 14.3. The highest BCUT2D eigenvalue weighted by molar-refractivity contribution is 6.05. The average molecular weight is 355 g/mol. The van der Waals surface area contributed by atoms with Crippen molar-refractivity contribution in [1.82, 2.24) is 4.98 Å². The highest BCUT2D eigenvalue weighted by Gasteiger charge is 2.17. The molecule has 1 N–H and O–H groups in total. The number of nitrogens with one attached hydrogen (secondary N) is 1. The maximum atomic E-state index is 12.7. The molecule has 0 aliphatic carbocycles. The number of amides is 1. The molecule has 2 aromatic rings. The summed E-state index contributed by atoms with van der Waals surface area (Å²) in [5.41, 5.74) is 1.26. The SMILES string of the molecule is CC(C)COc1cccc(C(=O)Nc2cccnc2N2CCOCC2)c1. The van der Waals surface area contributed by atoms with Crippen LogP contribution in [0.4, 0.5) is 11.5 Å². The summed E-state index contributed by atoms with van der Waals surface area (Å²) in [6, 6.07) is 10.9. The van der Waals surface area contributed by atoms with Crippen LogP contribution in [0.25, 0.3) is 0 Å². The number of carbonyl (C=O) groups is 1. The number of morpholine rings is 1. The van der Waals surface area contributed by atoms with Gasteiger partial charge in [0.2, 0.25) is 0 Å². The summed E-state index contributed by atoms with van der Waals surface area (Å²) in [4.78, 5) is 19.3. The summed E-state index contributed by atoms with van der Waals surface area (Å²) in [5, 5.41) is 2.98. The van der Waals surface area contributed by atoms with Crippen LogP contribution >= 0.6 is 0 Å². The number of hydrogen-bond acceptors (Lipinski definition) is 5. The van der Waals surface area contributed by atoms with E-state index in [0.717, 1.165) is 18.9 Å². The molecule has 1 saturated heterocycles. The third-order valence-corrected chi connectivity index (χ3v) is 4.03. The van der Waals surface area contributed by atoms with Gasteiger partial charge in [0, 0.05) is 24.8 Å². The van der Waals surface area contributed by atoms with E-state index >= 15 is 0 Å². The molecule has 1 amide bonds. The van der Waals surface area contributed by atoms with E-state index in [2.05, 4.69) is 29.0 Å². The smallest absolute Gasteiger partial charge is 0.255 e. The van der Waals surface area contributed by atoms with E-state index < -0.39 is 0 Å². The van der Waals surface area contributed by atoms with Gasteiger partial charge >= 0.3 is 0 Å². The summed E-state index contributed by atoms with van der Waals surface area (Å²) in [7, 11) is 0. The molecule has 6 heteroatoms. The molecule has 1 aromatic heterocycles. The Balaban J connectivity index is 1.73. The van der Waals surface area contributed by atoms with E-state index in [4.69, 9.17) is 9.47 Å². The monoisotopic (exact) mass is 355 g/mol. The molecule has 2 heterocycles. The molecule has 0 radical (unpaired) electrons. The highest BCUT2D eigenvalue weighted by Crippen LogP contribution is 2.24. The number of ether oxygens (including phenoxy) is 2. The van der Waals surface area contributed by atoms with Crippen LogP contribution in [0.5, 0.6) is 5.75 Å². The van der Waals surface area contributed by atoms with Gasteiger partial charge in [-0.25, -0.2) is 4.98 Å². The summed E-state index contributed by atoms with van der Waals surface area (Å²) in [5.74, 6) is 1.73. The molecule has 0 unspecified atom stereocenters. The number of carbonyl (C=O) groups excluding carboxylic acids is 1. The molecule has 1 fully saturated rings. The van der Waals surface area contributed by atoms with Crippen LogP contribution in [-0.2, 0) is 4.74 Å². The van der Waals surface area contributed by atoms with E-state index in [9.17, 15) is 4.79 Å². The number of rotatable bonds is 6. The molecule has 138 valence electrons. The van der Waals surface area contributed by atoms with Crippen LogP contribution < -0.4 is 15.0 Å². The number of benzene rings is 1. The quantitative estimate of drug-likeness (QED) is 0.862. The van der Waals surface area contributed by atoms with E-state index in [1.807, 2.05) is 24.3 Å². The van der Waals surface area contributed by atoms with Crippen molar-refractivity contribution in [3.8, 4) is 5.75 Å². The largest absolute Gasteiger partial charge is 0.493 e. The van der Waals surface area contributed by atoms with Crippen LogP contribution in [0.1, 0.15) is 24.2 Å². The maximum absolute atomic E-state index is 12.7. The van der Waals surface area contributed by atoms with Gasteiger partial charge in [0.05, 0.1) is 25.5 Å². The third kappa shape index (κ3) is 4.73. The fraction of sp³-hybridized carbons (Fsp3) is 0.400. The van der Waals surface area contributed by atoms with Gasteiger partial charge in [0.1, 0.15) is 5.75 Å². The van der Waals surface area contributed by atoms with Gasteiger partial charge in [-0.2, -0.15) is 0 Å². The minimum Gasteiger partial charge on any atom is -0.493 e. The average Bonchev–Trinajstić information content (AvgIpc) is 2.68. The summed E-state index contributed by atoms with van der Waals surface area (Å²) < 4.78 is 11.1. The molecule has 0 saturated carbocycles. The predicted octanol–water partition coefficient (Wildman–Crippen LogP) is 3.21. The molecule has 0 spiro atoms.